The van der Waals surface area contributed by atoms with E-state index in [2.05, 4.69) is 15.2 Å². The Balaban J connectivity index is 1.46. The molecule has 0 amide bonds. The highest BCUT2D eigenvalue weighted by atomic mass is 32.1. The van der Waals surface area contributed by atoms with E-state index >= 15 is 0 Å². The second-order valence-corrected chi connectivity index (χ2v) is 8.57. The smallest absolute Gasteiger partial charge is 0.337 e. The number of nitrogens with one attached hydrogen (secondary N) is 1. The van der Waals surface area contributed by atoms with Gasteiger partial charge in [-0.3, -0.25) is 4.98 Å². The number of rotatable bonds is 6. The molecule has 7 nitrogen and oxygen atoms in total. The number of pyridine rings is 1. The molecule has 2 aliphatic rings. The van der Waals surface area contributed by atoms with Gasteiger partial charge in [-0.1, -0.05) is 18.2 Å². The van der Waals surface area contributed by atoms with Crippen molar-refractivity contribution in [2.75, 3.05) is 20.3 Å². The topological polar surface area (TPSA) is 76.8 Å². The average Bonchev–Trinajstić information content (AvgIpc) is 3.61. The summed E-state index contributed by atoms with van der Waals surface area (Å²) in [6, 6.07) is 16.7. The Morgan fingerprint density at radius 3 is 2.76 bits per heavy atom. The summed E-state index contributed by atoms with van der Waals surface area (Å²) < 4.78 is 17.0. The highest BCUT2D eigenvalue weighted by molar-refractivity contribution is 7.80. The fraction of sp³-hybridized carbons (Fsp3) is 0.320. The summed E-state index contributed by atoms with van der Waals surface area (Å²) in [5.41, 5.74) is 2.28. The highest BCUT2D eigenvalue weighted by Gasteiger charge is 2.42. The Hall–Kier alpha value is -3.23. The summed E-state index contributed by atoms with van der Waals surface area (Å²) in [6.45, 7) is 1.49. The van der Waals surface area contributed by atoms with Gasteiger partial charge >= 0.3 is 5.97 Å². The number of aromatic nitrogens is 1. The molecule has 5 rings (SSSR count). The summed E-state index contributed by atoms with van der Waals surface area (Å²) in [5.74, 6) is 1.15. The molecule has 0 aliphatic carbocycles. The van der Waals surface area contributed by atoms with Gasteiger partial charge in [-0.15, -0.1) is 0 Å². The van der Waals surface area contributed by atoms with Crippen LogP contribution in [0.5, 0.6) is 0 Å². The minimum absolute atomic E-state index is 0.138. The van der Waals surface area contributed by atoms with Crippen LogP contribution < -0.4 is 5.32 Å². The Morgan fingerprint density at radius 1 is 1.21 bits per heavy atom. The van der Waals surface area contributed by atoms with Crippen LogP contribution in [0.3, 0.4) is 0 Å². The molecule has 2 aliphatic heterocycles. The van der Waals surface area contributed by atoms with Crippen molar-refractivity contribution >= 4 is 23.3 Å². The van der Waals surface area contributed by atoms with Gasteiger partial charge in [-0.05, 0) is 61.5 Å². The lowest BCUT2D eigenvalue weighted by atomic mass is 10.0. The first-order valence-corrected chi connectivity index (χ1v) is 11.4. The van der Waals surface area contributed by atoms with Gasteiger partial charge in [0.2, 0.25) is 0 Å². The maximum atomic E-state index is 11.7. The summed E-state index contributed by atoms with van der Waals surface area (Å²) >= 11 is 5.73. The van der Waals surface area contributed by atoms with Gasteiger partial charge in [0.25, 0.3) is 0 Å². The molecule has 0 bridgehead atoms. The number of thiocarbonyl (C=S) groups is 1. The quantitative estimate of drug-likeness (QED) is 0.429. The van der Waals surface area contributed by atoms with Gasteiger partial charge in [0.1, 0.15) is 17.6 Å². The predicted octanol–water partition coefficient (Wildman–Crippen LogP) is 4.28. The zero-order valence-corrected chi connectivity index (χ0v) is 19.1. The summed E-state index contributed by atoms with van der Waals surface area (Å²) in [6.07, 6.45) is 4.03. The van der Waals surface area contributed by atoms with E-state index in [1.807, 2.05) is 42.5 Å². The van der Waals surface area contributed by atoms with Gasteiger partial charge in [0, 0.05) is 24.9 Å². The number of esters is 1. The fourth-order valence-corrected chi connectivity index (χ4v) is 4.79. The van der Waals surface area contributed by atoms with Crippen molar-refractivity contribution in [2.24, 2.45) is 0 Å². The maximum absolute atomic E-state index is 11.7. The number of hydrogen-bond donors (Lipinski definition) is 1. The number of carbonyl (C=O) groups is 1. The van der Waals surface area contributed by atoms with Gasteiger partial charge in [-0.2, -0.15) is 0 Å². The molecular weight excluding hydrogens is 438 g/mol. The number of methoxy groups -OCH3 is 1. The Kier molecular flexibility index (Phi) is 6.11. The third-order valence-corrected chi connectivity index (χ3v) is 6.48. The molecule has 33 heavy (non-hydrogen) atoms. The fourth-order valence-electron chi connectivity index (χ4n) is 4.47. The molecular formula is C25H25N3O4S. The number of hydrogen-bond acceptors (Lipinski definition) is 6. The van der Waals surface area contributed by atoms with Crippen molar-refractivity contribution in [3.8, 4) is 11.3 Å². The van der Waals surface area contributed by atoms with E-state index in [4.69, 9.17) is 26.1 Å². The van der Waals surface area contributed by atoms with Crippen LogP contribution in [-0.2, 0) is 9.47 Å². The largest absolute Gasteiger partial charge is 0.465 e. The zero-order valence-electron chi connectivity index (χ0n) is 18.3. The third-order valence-electron chi connectivity index (χ3n) is 6.13. The molecule has 2 aromatic heterocycles. The summed E-state index contributed by atoms with van der Waals surface area (Å²) in [4.78, 5) is 18.5. The second-order valence-electron chi connectivity index (χ2n) is 8.18. The number of benzene rings is 1. The monoisotopic (exact) mass is 463 g/mol. The SMILES string of the molecule is COC(=O)c1ccc(-c2ccc([C@@H]3[C@@H](c4ccccn4)NC(=S)N3C[C@@H]3CCCO3)o2)cc1. The van der Waals surface area contributed by atoms with Crippen molar-refractivity contribution in [3.63, 3.8) is 0 Å². The van der Waals surface area contributed by atoms with Gasteiger partial charge in [0.05, 0.1) is 30.5 Å². The van der Waals surface area contributed by atoms with Crippen LogP contribution in [0.15, 0.2) is 65.2 Å². The lowest BCUT2D eigenvalue weighted by molar-refractivity contribution is 0.0600. The third kappa shape index (κ3) is 4.36. The van der Waals surface area contributed by atoms with E-state index in [0.717, 1.165) is 42.2 Å². The predicted molar refractivity (Wildman–Crippen MR) is 127 cm³/mol. The van der Waals surface area contributed by atoms with Crippen LogP contribution in [0.4, 0.5) is 0 Å². The molecule has 170 valence electrons. The van der Waals surface area contributed by atoms with E-state index in [1.54, 1.807) is 18.3 Å². The average molecular weight is 464 g/mol. The minimum atomic E-state index is -0.366. The molecule has 0 spiro atoms. The first-order valence-electron chi connectivity index (χ1n) is 11.0. The first-order chi connectivity index (χ1) is 16.1. The number of nitrogens with zero attached hydrogens (tertiary/aromatic N) is 2. The van der Waals surface area contributed by atoms with Crippen molar-refractivity contribution < 1.29 is 18.7 Å². The number of furan rings is 1. The molecule has 4 heterocycles. The normalized spacial score (nSPS) is 22.4. The molecule has 3 aromatic rings. The molecule has 2 fully saturated rings. The van der Waals surface area contributed by atoms with Crippen LogP contribution in [0.25, 0.3) is 11.3 Å². The molecule has 0 unspecified atom stereocenters. The zero-order chi connectivity index (χ0) is 22.8. The minimum Gasteiger partial charge on any atom is -0.465 e. The van der Waals surface area contributed by atoms with Crippen molar-refractivity contribution in [2.45, 2.75) is 31.0 Å². The molecule has 3 atom stereocenters. The molecule has 2 saturated heterocycles. The van der Waals surface area contributed by atoms with Crippen LogP contribution >= 0.6 is 12.2 Å². The lowest BCUT2D eigenvalue weighted by Gasteiger charge is -2.28. The second kappa shape index (κ2) is 9.33. The van der Waals surface area contributed by atoms with Crippen LogP contribution in [0.1, 0.15) is 46.7 Å². The van der Waals surface area contributed by atoms with Gasteiger partial charge in [-0.25, -0.2) is 4.79 Å². The first kappa shape index (κ1) is 21.6. The van der Waals surface area contributed by atoms with E-state index in [9.17, 15) is 4.79 Å². The molecule has 1 aromatic carbocycles. The van der Waals surface area contributed by atoms with Crippen molar-refractivity contribution in [3.05, 3.63) is 77.8 Å². The highest BCUT2D eigenvalue weighted by Crippen LogP contribution is 2.41. The summed E-state index contributed by atoms with van der Waals surface area (Å²) in [5, 5.41) is 4.12. The Labute approximate surface area is 197 Å². The van der Waals surface area contributed by atoms with Crippen LogP contribution in [-0.4, -0.2) is 47.3 Å². The molecule has 1 N–H and O–H groups in total. The molecule has 0 saturated carbocycles. The van der Waals surface area contributed by atoms with Crippen LogP contribution in [0.2, 0.25) is 0 Å². The van der Waals surface area contributed by atoms with Crippen molar-refractivity contribution in [1.82, 2.24) is 15.2 Å². The number of ether oxygens (including phenoxy) is 2. The lowest BCUT2D eigenvalue weighted by Crippen LogP contribution is -2.36. The summed E-state index contributed by atoms with van der Waals surface area (Å²) in [7, 11) is 1.37. The maximum Gasteiger partial charge on any atom is 0.337 e. The molecule has 8 heteroatoms. The van der Waals surface area contributed by atoms with Gasteiger partial charge < -0.3 is 24.1 Å². The van der Waals surface area contributed by atoms with Crippen molar-refractivity contribution in [1.29, 1.82) is 0 Å². The standard InChI is InChI=1S/C25H25N3O4S/c1-30-24(29)17-9-7-16(8-10-17)20-11-12-21(32-20)23-22(19-6-2-3-13-26-19)27-25(33)28(23)15-18-5-4-14-31-18/h2-3,6-13,18,22-23H,4-5,14-15H2,1H3,(H,27,33)/t18-,22+,23+/m0/s1. The van der Waals surface area contributed by atoms with E-state index < -0.39 is 0 Å². The van der Waals surface area contributed by atoms with Crippen LogP contribution in [0, 0.1) is 0 Å². The molecule has 0 radical (unpaired) electrons. The number of carbonyl (C=O) groups excluding carboxylic acids is 1. The van der Waals surface area contributed by atoms with E-state index in [0.29, 0.717) is 17.2 Å². The Morgan fingerprint density at radius 2 is 2.06 bits per heavy atom. The van der Waals surface area contributed by atoms with E-state index in [1.165, 1.54) is 7.11 Å². The Bertz CT molecular complexity index is 1130. The van der Waals surface area contributed by atoms with E-state index in [-0.39, 0.29) is 24.2 Å². The van der Waals surface area contributed by atoms with Gasteiger partial charge in [0.15, 0.2) is 5.11 Å².